The number of nitrogens with one attached hydrogen (secondary N) is 2. The van der Waals surface area contributed by atoms with Gasteiger partial charge in [0.1, 0.15) is 5.75 Å². The van der Waals surface area contributed by atoms with E-state index in [9.17, 15) is 18.0 Å². The molecule has 2 aromatic carbocycles. The van der Waals surface area contributed by atoms with Crippen molar-refractivity contribution in [3.8, 4) is 17.0 Å². The van der Waals surface area contributed by atoms with Crippen molar-refractivity contribution in [1.29, 1.82) is 0 Å². The van der Waals surface area contributed by atoms with Crippen LogP contribution in [0.5, 0.6) is 5.75 Å². The summed E-state index contributed by atoms with van der Waals surface area (Å²) in [4.78, 5) is 14.8. The molecule has 0 spiro atoms. The summed E-state index contributed by atoms with van der Waals surface area (Å²) >= 11 is 0. The molecule has 1 aliphatic heterocycles. The molecule has 0 atom stereocenters. The summed E-state index contributed by atoms with van der Waals surface area (Å²) in [6, 6.07) is 10.8. The molecule has 8 nitrogen and oxygen atoms in total. The Morgan fingerprint density at radius 2 is 1.75 bits per heavy atom. The number of urea groups is 1. The third kappa shape index (κ3) is 6.76. The number of carbonyl (C=O) groups excluding carboxylic acids is 1. The van der Waals surface area contributed by atoms with Gasteiger partial charge in [-0.2, -0.15) is 18.3 Å². The molecule has 4 rings (SSSR count). The van der Waals surface area contributed by atoms with Gasteiger partial charge in [0.15, 0.2) is 0 Å². The first-order chi connectivity index (χ1) is 17.3. The minimum atomic E-state index is -4.44. The van der Waals surface area contributed by atoms with Crippen LogP contribution in [-0.4, -0.2) is 60.2 Å². The number of alkyl halides is 3. The standard InChI is InChI=1S/C25H28F3N5O3/c1-32-22(9-10-29-32)21-17-20(7-8-23(21)36-14-2-11-33-12-15-35-16-13-33)31-24(34)30-19-5-3-18(4-6-19)25(26,27)28/h3-10,17H,2,11-16H2,1H3,(H2,30,31,34). The third-order valence-electron chi connectivity index (χ3n) is 5.78. The van der Waals surface area contributed by atoms with Crippen LogP contribution in [0.15, 0.2) is 54.7 Å². The Bertz CT molecular complexity index is 1160. The highest BCUT2D eigenvalue weighted by Gasteiger charge is 2.30. The van der Waals surface area contributed by atoms with E-state index in [1.54, 1.807) is 29.1 Å². The first kappa shape index (κ1) is 25.5. The second-order valence-electron chi connectivity index (χ2n) is 8.36. The van der Waals surface area contributed by atoms with E-state index in [0.717, 1.165) is 62.7 Å². The van der Waals surface area contributed by atoms with Crippen molar-refractivity contribution >= 4 is 17.4 Å². The van der Waals surface area contributed by atoms with Gasteiger partial charge in [-0.05, 0) is 55.0 Å². The van der Waals surface area contributed by atoms with Gasteiger partial charge in [0, 0.05) is 49.8 Å². The van der Waals surface area contributed by atoms with Crippen LogP contribution >= 0.6 is 0 Å². The average Bonchev–Trinajstić information content (AvgIpc) is 3.28. The molecule has 11 heteroatoms. The number of hydrogen-bond donors (Lipinski definition) is 2. The summed E-state index contributed by atoms with van der Waals surface area (Å²) in [5.74, 6) is 0.661. The Balaban J connectivity index is 1.40. The zero-order chi connectivity index (χ0) is 25.5. The SMILES string of the molecule is Cn1nccc1-c1cc(NC(=O)Nc2ccc(C(F)(F)F)cc2)ccc1OCCCN1CCOCC1. The Hall–Kier alpha value is -3.57. The summed E-state index contributed by atoms with van der Waals surface area (Å²) < 4.78 is 51.4. The van der Waals surface area contributed by atoms with Crippen LogP contribution in [0, 0.1) is 0 Å². The number of amides is 2. The normalized spacial score (nSPS) is 14.4. The zero-order valence-electron chi connectivity index (χ0n) is 19.8. The van der Waals surface area contributed by atoms with E-state index in [2.05, 4.69) is 20.6 Å². The van der Waals surface area contributed by atoms with Gasteiger partial charge in [-0.25, -0.2) is 4.79 Å². The second kappa shape index (κ2) is 11.4. The molecule has 0 radical (unpaired) electrons. The second-order valence-corrected chi connectivity index (χ2v) is 8.36. The molecular formula is C25H28F3N5O3. The molecule has 2 N–H and O–H groups in total. The van der Waals surface area contributed by atoms with Crippen LogP contribution in [0.2, 0.25) is 0 Å². The van der Waals surface area contributed by atoms with E-state index in [0.29, 0.717) is 18.0 Å². The summed E-state index contributed by atoms with van der Waals surface area (Å²) in [7, 11) is 1.81. The maximum absolute atomic E-state index is 12.7. The van der Waals surface area contributed by atoms with E-state index >= 15 is 0 Å². The molecule has 1 saturated heterocycles. The molecule has 3 aromatic rings. The highest BCUT2D eigenvalue weighted by Crippen LogP contribution is 2.33. The van der Waals surface area contributed by atoms with E-state index in [-0.39, 0.29) is 5.69 Å². The Morgan fingerprint density at radius 3 is 2.42 bits per heavy atom. The van der Waals surface area contributed by atoms with Crippen molar-refractivity contribution in [2.24, 2.45) is 7.05 Å². The average molecular weight is 504 g/mol. The molecule has 1 fully saturated rings. The predicted molar refractivity (Wildman–Crippen MR) is 130 cm³/mol. The van der Waals surface area contributed by atoms with Gasteiger partial charge in [0.05, 0.1) is 31.1 Å². The summed E-state index contributed by atoms with van der Waals surface area (Å²) in [6.45, 7) is 4.82. The van der Waals surface area contributed by atoms with Crippen LogP contribution in [0.25, 0.3) is 11.3 Å². The number of ether oxygens (including phenoxy) is 2. The molecule has 0 aliphatic carbocycles. The van der Waals surface area contributed by atoms with Crippen molar-refractivity contribution in [2.45, 2.75) is 12.6 Å². The number of aromatic nitrogens is 2. The fourth-order valence-electron chi connectivity index (χ4n) is 3.90. The molecule has 1 aromatic heterocycles. The minimum Gasteiger partial charge on any atom is -0.493 e. The summed E-state index contributed by atoms with van der Waals surface area (Å²) in [5, 5.41) is 9.49. The van der Waals surface area contributed by atoms with E-state index in [1.165, 1.54) is 12.1 Å². The fourth-order valence-corrected chi connectivity index (χ4v) is 3.90. The van der Waals surface area contributed by atoms with Gasteiger partial charge in [-0.15, -0.1) is 0 Å². The number of carbonyl (C=O) groups is 1. The molecule has 2 heterocycles. The van der Waals surface area contributed by atoms with Crippen LogP contribution in [0.4, 0.5) is 29.3 Å². The van der Waals surface area contributed by atoms with Gasteiger partial charge in [-0.1, -0.05) is 0 Å². The molecule has 192 valence electrons. The van der Waals surface area contributed by atoms with Crippen molar-refractivity contribution in [2.75, 3.05) is 50.1 Å². The molecule has 2 amide bonds. The van der Waals surface area contributed by atoms with Gasteiger partial charge in [-0.3, -0.25) is 9.58 Å². The lowest BCUT2D eigenvalue weighted by Gasteiger charge is -2.26. The first-order valence-electron chi connectivity index (χ1n) is 11.6. The highest BCUT2D eigenvalue weighted by atomic mass is 19.4. The topological polar surface area (TPSA) is 80.7 Å². The molecule has 0 unspecified atom stereocenters. The van der Waals surface area contributed by atoms with Crippen LogP contribution in [0.1, 0.15) is 12.0 Å². The third-order valence-corrected chi connectivity index (χ3v) is 5.78. The Labute approximate surface area is 207 Å². The number of morpholine rings is 1. The quantitative estimate of drug-likeness (QED) is 0.430. The van der Waals surface area contributed by atoms with Gasteiger partial charge >= 0.3 is 12.2 Å². The predicted octanol–water partition coefficient (Wildman–Crippen LogP) is 4.85. The number of aryl methyl sites for hydroxylation is 1. The lowest BCUT2D eigenvalue weighted by Crippen LogP contribution is -2.37. The summed E-state index contributed by atoms with van der Waals surface area (Å²) in [5.41, 5.74) is 1.53. The van der Waals surface area contributed by atoms with Crippen LogP contribution in [0.3, 0.4) is 0 Å². The van der Waals surface area contributed by atoms with Crippen molar-refractivity contribution in [3.05, 3.63) is 60.3 Å². The smallest absolute Gasteiger partial charge is 0.416 e. The van der Waals surface area contributed by atoms with Crippen molar-refractivity contribution < 1.29 is 27.4 Å². The molecule has 0 bridgehead atoms. The van der Waals surface area contributed by atoms with Crippen molar-refractivity contribution in [3.63, 3.8) is 0 Å². The zero-order valence-corrected chi connectivity index (χ0v) is 19.8. The van der Waals surface area contributed by atoms with Gasteiger partial charge < -0.3 is 20.1 Å². The van der Waals surface area contributed by atoms with Gasteiger partial charge in [0.2, 0.25) is 0 Å². The Morgan fingerprint density at radius 1 is 1.06 bits per heavy atom. The maximum atomic E-state index is 12.7. The van der Waals surface area contributed by atoms with E-state index in [4.69, 9.17) is 9.47 Å². The number of anilines is 2. The monoisotopic (exact) mass is 503 g/mol. The number of rotatable bonds is 8. The van der Waals surface area contributed by atoms with Crippen LogP contribution in [-0.2, 0) is 18.0 Å². The lowest BCUT2D eigenvalue weighted by molar-refractivity contribution is -0.137. The van der Waals surface area contributed by atoms with Gasteiger partial charge in [0.25, 0.3) is 0 Å². The lowest BCUT2D eigenvalue weighted by atomic mass is 10.1. The Kier molecular flexibility index (Phi) is 8.11. The number of halogens is 3. The highest BCUT2D eigenvalue weighted by molar-refractivity contribution is 6.00. The summed E-state index contributed by atoms with van der Waals surface area (Å²) in [6.07, 6.45) is -1.90. The minimum absolute atomic E-state index is 0.243. The largest absolute Gasteiger partial charge is 0.493 e. The van der Waals surface area contributed by atoms with Crippen molar-refractivity contribution in [1.82, 2.24) is 14.7 Å². The van der Waals surface area contributed by atoms with Crippen LogP contribution < -0.4 is 15.4 Å². The maximum Gasteiger partial charge on any atom is 0.416 e. The fraction of sp³-hybridized carbons (Fsp3) is 0.360. The number of hydrogen-bond acceptors (Lipinski definition) is 5. The molecule has 1 aliphatic rings. The molecule has 36 heavy (non-hydrogen) atoms. The number of nitrogens with zero attached hydrogens (tertiary/aromatic N) is 3. The first-order valence-corrected chi connectivity index (χ1v) is 11.6. The van der Waals surface area contributed by atoms with E-state index in [1.807, 2.05) is 13.1 Å². The number of benzene rings is 2. The van der Waals surface area contributed by atoms with E-state index < -0.39 is 17.8 Å². The molecule has 0 saturated carbocycles. The molecular weight excluding hydrogens is 475 g/mol.